The maximum atomic E-state index is 12.1. The highest BCUT2D eigenvalue weighted by molar-refractivity contribution is 9.10. The van der Waals surface area contributed by atoms with Crippen molar-refractivity contribution in [3.05, 3.63) is 69.2 Å². The average Bonchev–Trinajstić information content (AvgIpc) is 2.47. The van der Waals surface area contributed by atoms with E-state index in [2.05, 4.69) is 40.3 Å². The van der Waals surface area contributed by atoms with Gasteiger partial charge in [0, 0.05) is 16.6 Å². The van der Waals surface area contributed by atoms with Crippen molar-refractivity contribution in [2.75, 3.05) is 0 Å². The number of halogens is 1. The monoisotopic (exact) mass is 331 g/mol. The van der Waals surface area contributed by atoms with Crippen LogP contribution in [0.1, 0.15) is 34.0 Å². The van der Waals surface area contributed by atoms with Crippen molar-refractivity contribution in [2.45, 2.75) is 26.8 Å². The Morgan fingerprint density at radius 2 is 1.85 bits per heavy atom. The molecule has 0 saturated heterocycles. The zero-order chi connectivity index (χ0) is 14.5. The minimum Gasteiger partial charge on any atom is -0.348 e. The minimum atomic E-state index is -0.0448. The van der Waals surface area contributed by atoms with E-state index in [9.17, 15) is 4.79 Å². The SMILES string of the molecule is CCc1ccccc1CNC(=O)c1ccc(C)c(Br)c1. The molecule has 1 amide bonds. The summed E-state index contributed by atoms with van der Waals surface area (Å²) in [5.74, 6) is -0.0448. The molecule has 0 aliphatic rings. The first kappa shape index (κ1) is 14.8. The quantitative estimate of drug-likeness (QED) is 0.891. The largest absolute Gasteiger partial charge is 0.348 e. The van der Waals surface area contributed by atoms with Crippen LogP contribution in [0.15, 0.2) is 46.9 Å². The normalized spacial score (nSPS) is 10.3. The van der Waals surface area contributed by atoms with Crippen molar-refractivity contribution in [1.82, 2.24) is 5.32 Å². The van der Waals surface area contributed by atoms with Gasteiger partial charge in [0.25, 0.3) is 5.91 Å². The van der Waals surface area contributed by atoms with Crippen LogP contribution >= 0.6 is 15.9 Å². The lowest BCUT2D eigenvalue weighted by Gasteiger charge is -2.10. The third-order valence-electron chi connectivity index (χ3n) is 3.37. The van der Waals surface area contributed by atoms with Crippen molar-refractivity contribution in [1.29, 1.82) is 0 Å². The van der Waals surface area contributed by atoms with E-state index in [1.165, 1.54) is 11.1 Å². The van der Waals surface area contributed by atoms with Crippen LogP contribution in [0.5, 0.6) is 0 Å². The lowest BCUT2D eigenvalue weighted by Crippen LogP contribution is -2.23. The summed E-state index contributed by atoms with van der Waals surface area (Å²) in [4.78, 5) is 12.1. The molecule has 1 N–H and O–H groups in total. The van der Waals surface area contributed by atoms with Crippen LogP contribution in [-0.2, 0) is 13.0 Å². The summed E-state index contributed by atoms with van der Waals surface area (Å²) in [5.41, 5.74) is 4.25. The highest BCUT2D eigenvalue weighted by Crippen LogP contribution is 2.17. The van der Waals surface area contributed by atoms with Crippen LogP contribution in [0.2, 0.25) is 0 Å². The highest BCUT2D eigenvalue weighted by atomic mass is 79.9. The van der Waals surface area contributed by atoms with E-state index >= 15 is 0 Å². The Balaban J connectivity index is 2.06. The minimum absolute atomic E-state index is 0.0448. The second-order valence-electron chi connectivity index (χ2n) is 4.77. The third-order valence-corrected chi connectivity index (χ3v) is 4.23. The second kappa shape index (κ2) is 6.71. The molecule has 0 spiro atoms. The number of hydrogen-bond acceptors (Lipinski definition) is 1. The van der Waals surface area contributed by atoms with Crippen LogP contribution in [0.3, 0.4) is 0 Å². The predicted octanol–water partition coefficient (Wildman–Crippen LogP) is 4.25. The molecule has 20 heavy (non-hydrogen) atoms. The molecule has 0 radical (unpaired) electrons. The Labute approximate surface area is 128 Å². The van der Waals surface area contributed by atoms with Gasteiger partial charge in [-0.3, -0.25) is 4.79 Å². The smallest absolute Gasteiger partial charge is 0.251 e. The van der Waals surface area contributed by atoms with E-state index in [0.29, 0.717) is 12.1 Å². The molecule has 2 aromatic rings. The summed E-state index contributed by atoms with van der Waals surface area (Å²) < 4.78 is 0.958. The average molecular weight is 332 g/mol. The summed E-state index contributed by atoms with van der Waals surface area (Å²) in [5, 5.41) is 2.98. The molecule has 0 atom stereocenters. The van der Waals surface area contributed by atoms with Gasteiger partial charge in [-0.15, -0.1) is 0 Å². The summed E-state index contributed by atoms with van der Waals surface area (Å²) in [6.45, 7) is 4.69. The van der Waals surface area contributed by atoms with Gasteiger partial charge in [0.05, 0.1) is 0 Å². The molecule has 0 bridgehead atoms. The van der Waals surface area contributed by atoms with Crippen molar-refractivity contribution < 1.29 is 4.79 Å². The van der Waals surface area contributed by atoms with Gasteiger partial charge in [0.1, 0.15) is 0 Å². The Morgan fingerprint density at radius 3 is 2.50 bits per heavy atom. The molecule has 0 aliphatic carbocycles. The molecule has 3 heteroatoms. The van der Waals surface area contributed by atoms with Crippen molar-refractivity contribution >= 4 is 21.8 Å². The number of nitrogens with one attached hydrogen (secondary N) is 1. The first-order valence-corrected chi connectivity index (χ1v) is 7.52. The zero-order valence-electron chi connectivity index (χ0n) is 11.7. The van der Waals surface area contributed by atoms with Crippen LogP contribution in [0, 0.1) is 6.92 Å². The molecule has 0 aromatic heterocycles. The van der Waals surface area contributed by atoms with Gasteiger partial charge in [0.2, 0.25) is 0 Å². The number of amides is 1. The maximum Gasteiger partial charge on any atom is 0.251 e. The van der Waals surface area contributed by atoms with Gasteiger partial charge in [-0.1, -0.05) is 53.2 Å². The van der Waals surface area contributed by atoms with Crippen LogP contribution in [0.4, 0.5) is 0 Å². The fourth-order valence-corrected chi connectivity index (χ4v) is 2.47. The summed E-state index contributed by atoms with van der Waals surface area (Å²) in [6, 6.07) is 13.8. The van der Waals surface area contributed by atoms with Crippen molar-refractivity contribution in [2.24, 2.45) is 0 Å². The third kappa shape index (κ3) is 3.48. The summed E-state index contributed by atoms with van der Waals surface area (Å²) >= 11 is 3.45. The number of carbonyl (C=O) groups is 1. The zero-order valence-corrected chi connectivity index (χ0v) is 13.3. The summed E-state index contributed by atoms with van der Waals surface area (Å²) in [7, 11) is 0. The van der Waals surface area contributed by atoms with Crippen LogP contribution < -0.4 is 5.32 Å². The number of rotatable bonds is 4. The molecule has 0 aliphatic heterocycles. The molecule has 104 valence electrons. The lowest BCUT2D eigenvalue weighted by atomic mass is 10.1. The molecule has 0 fully saturated rings. The van der Waals surface area contributed by atoms with E-state index in [0.717, 1.165) is 16.5 Å². The number of aryl methyl sites for hydroxylation is 2. The second-order valence-corrected chi connectivity index (χ2v) is 5.62. The van der Waals surface area contributed by atoms with E-state index in [1.54, 1.807) is 0 Å². The molecule has 2 aromatic carbocycles. The predicted molar refractivity (Wildman–Crippen MR) is 85.9 cm³/mol. The molecule has 2 nitrogen and oxygen atoms in total. The van der Waals surface area contributed by atoms with Gasteiger partial charge in [-0.2, -0.15) is 0 Å². The first-order chi connectivity index (χ1) is 9.61. The molecular formula is C17H18BrNO. The fraction of sp³-hybridized carbons (Fsp3) is 0.235. The van der Waals surface area contributed by atoms with E-state index in [4.69, 9.17) is 0 Å². The number of benzene rings is 2. The Hall–Kier alpha value is -1.61. The summed E-state index contributed by atoms with van der Waals surface area (Å²) in [6.07, 6.45) is 0.974. The molecule has 0 saturated carbocycles. The Kier molecular flexibility index (Phi) is 4.96. The van der Waals surface area contributed by atoms with Crippen LogP contribution in [0.25, 0.3) is 0 Å². The van der Waals surface area contributed by atoms with E-state index < -0.39 is 0 Å². The van der Waals surface area contributed by atoms with Gasteiger partial charge in [0.15, 0.2) is 0 Å². The fourth-order valence-electron chi connectivity index (χ4n) is 2.09. The van der Waals surface area contributed by atoms with Gasteiger partial charge < -0.3 is 5.32 Å². The molecular weight excluding hydrogens is 314 g/mol. The van der Waals surface area contributed by atoms with Gasteiger partial charge in [-0.05, 0) is 42.2 Å². The van der Waals surface area contributed by atoms with Crippen molar-refractivity contribution in [3.8, 4) is 0 Å². The number of hydrogen-bond donors (Lipinski definition) is 1. The van der Waals surface area contributed by atoms with Crippen molar-refractivity contribution in [3.63, 3.8) is 0 Å². The lowest BCUT2D eigenvalue weighted by molar-refractivity contribution is 0.0951. The Bertz CT molecular complexity index is 622. The standard InChI is InChI=1S/C17H18BrNO/c1-3-13-6-4-5-7-15(13)11-19-17(20)14-9-8-12(2)16(18)10-14/h4-10H,3,11H2,1-2H3,(H,19,20). The van der Waals surface area contributed by atoms with E-state index in [1.807, 2.05) is 37.3 Å². The first-order valence-electron chi connectivity index (χ1n) is 6.73. The topological polar surface area (TPSA) is 29.1 Å². The van der Waals surface area contributed by atoms with Crippen LogP contribution in [-0.4, -0.2) is 5.91 Å². The molecule has 0 unspecified atom stereocenters. The van der Waals surface area contributed by atoms with Gasteiger partial charge >= 0.3 is 0 Å². The Morgan fingerprint density at radius 1 is 1.15 bits per heavy atom. The number of carbonyl (C=O) groups excluding carboxylic acids is 1. The highest BCUT2D eigenvalue weighted by Gasteiger charge is 2.08. The molecule has 0 heterocycles. The molecule has 2 rings (SSSR count). The maximum absolute atomic E-state index is 12.1. The van der Waals surface area contributed by atoms with Gasteiger partial charge in [-0.25, -0.2) is 0 Å². The van der Waals surface area contributed by atoms with E-state index in [-0.39, 0.29) is 5.91 Å².